The molecule has 0 unspecified atom stereocenters. The van der Waals surface area contributed by atoms with Crippen molar-refractivity contribution in [2.75, 3.05) is 20.2 Å². The van der Waals surface area contributed by atoms with Crippen molar-refractivity contribution in [1.29, 1.82) is 0 Å². The van der Waals surface area contributed by atoms with E-state index in [0.717, 1.165) is 10.6 Å². The number of hydrogen-bond donors (Lipinski definition) is 0. The number of benzene rings is 2. The zero-order valence-corrected chi connectivity index (χ0v) is 17.0. The van der Waals surface area contributed by atoms with Gasteiger partial charge >= 0.3 is 0 Å². The van der Waals surface area contributed by atoms with Crippen molar-refractivity contribution < 1.29 is 14.1 Å². The molecule has 7 heteroatoms. The predicted molar refractivity (Wildman–Crippen MR) is 109 cm³/mol. The van der Waals surface area contributed by atoms with Gasteiger partial charge in [-0.3, -0.25) is 4.79 Å². The average molecular weight is 398 g/mol. The van der Waals surface area contributed by atoms with Gasteiger partial charge in [0.15, 0.2) is 5.82 Å². The molecule has 3 aromatic rings. The fraction of sp³-hybridized carbons (Fsp3) is 0.286. The predicted octanol–water partition coefficient (Wildman–Crippen LogP) is 4.13. The molecule has 0 aliphatic rings. The molecule has 1 amide bonds. The molecule has 0 spiro atoms. The zero-order chi connectivity index (χ0) is 19.9. The lowest BCUT2D eigenvalue weighted by Gasteiger charge is -2.19. The standard InChI is InChI=1S/C21H23N3O3S/c1-15-8-10-17(11-9-15)26-13-12-24(3)21(25)18-6-4-5-7-19(18)28-14-20-22-16(2)27-23-20/h4-11H,12-14H2,1-3H3. The van der Waals surface area contributed by atoms with Crippen molar-refractivity contribution in [3.8, 4) is 5.75 Å². The van der Waals surface area contributed by atoms with Crippen LogP contribution in [0.15, 0.2) is 57.9 Å². The lowest BCUT2D eigenvalue weighted by molar-refractivity contribution is 0.0770. The summed E-state index contributed by atoms with van der Waals surface area (Å²) in [5, 5.41) is 3.90. The molecule has 0 bridgehead atoms. The molecule has 1 heterocycles. The Morgan fingerprint density at radius 1 is 1.14 bits per heavy atom. The van der Waals surface area contributed by atoms with Gasteiger partial charge in [-0.15, -0.1) is 11.8 Å². The van der Waals surface area contributed by atoms with Crippen LogP contribution in [-0.4, -0.2) is 41.1 Å². The molecule has 0 atom stereocenters. The van der Waals surface area contributed by atoms with Crippen LogP contribution in [0.3, 0.4) is 0 Å². The van der Waals surface area contributed by atoms with E-state index in [9.17, 15) is 4.79 Å². The highest BCUT2D eigenvalue weighted by molar-refractivity contribution is 7.98. The maximum absolute atomic E-state index is 12.9. The molecule has 28 heavy (non-hydrogen) atoms. The first-order valence-electron chi connectivity index (χ1n) is 8.99. The van der Waals surface area contributed by atoms with Crippen LogP contribution in [0.1, 0.15) is 27.6 Å². The van der Waals surface area contributed by atoms with Gasteiger partial charge in [0.2, 0.25) is 5.89 Å². The second-order valence-electron chi connectivity index (χ2n) is 6.40. The van der Waals surface area contributed by atoms with Gasteiger partial charge in [-0.1, -0.05) is 35.0 Å². The van der Waals surface area contributed by atoms with Gasteiger partial charge in [-0.2, -0.15) is 4.98 Å². The SMILES string of the molecule is Cc1ccc(OCCN(C)C(=O)c2ccccc2SCc2noc(C)n2)cc1. The van der Waals surface area contributed by atoms with Gasteiger partial charge in [-0.05, 0) is 31.2 Å². The van der Waals surface area contributed by atoms with Crippen LogP contribution >= 0.6 is 11.8 Å². The Morgan fingerprint density at radius 2 is 1.89 bits per heavy atom. The van der Waals surface area contributed by atoms with Crippen LogP contribution in [0.25, 0.3) is 0 Å². The Balaban J connectivity index is 1.57. The van der Waals surface area contributed by atoms with Crippen molar-refractivity contribution in [3.05, 3.63) is 71.4 Å². The molecule has 146 valence electrons. The number of carbonyl (C=O) groups excluding carboxylic acids is 1. The summed E-state index contributed by atoms with van der Waals surface area (Å²) >= 11 is 1.52. The quantitative estimate of drug-likeness (QED) is 0.533. The number of aryl methyl sites for hydroxylation is 2. The maximum Gasteiger partial charge on any atom is 0.254 e. The lowest BCUT2D eigenvalue weighted by atomic mass is 10.2. The van der Waals surface area contributed by atoms with E-state index in [1.165, 1.54) is 17.3 Å². The molecule has 0 fully saturated rings. The van der Waals surface area contributed by atoms with E-state index in [0.29, 0.717) is 36.2 Å². The second-order valence-corrected chi connectivity index (χ2v) is 7.42. The summed E-state index contributed by atoms with van der Waals surface area (Å²) in [7, 11) is 1.78. The third kappa shape index (κ3) is 5.36. The van der Waals surface area contributed by atoms with Crippen LogP contribution in [-0.2, 0) is 5.75 Å². The van der Waals surface area contributed by atoms with E-state index >= 15 is 0 Å². The molecule has 0 N–H and O–H groups in total. The van der Waals surface area contributed by atoms with Gasteiger partial charge < -0.3 is 14.2 Å². The first-order chi connectivity index (χ1) is 13.5. The molecule has 0 aliphatic carbocycles. The Kier molecular flexibility index (Phi) is 6.71. The summed E-state index contributed by atoms with van der Waals surface area (Å²) in [4.78, 5) is 19.6. The maximum atomic E-state index is 12.9. The lowest BCUT2D eigenvalue weighted by Crippen LogP contribution is -2.31. The molecule has 0 saturated carbocycles. The highest BCUT2D eigenvalue weighted by Crippen LogP contribution is 2.26. The fourth-order valence-electron chi connectivity index (χ4n) is 2.55. The Labute approximate surface area is 168 Å². The Morgan fingerprint density at radius 3 is 2.61 bits per heavy atom. The molecule has 0 saturated heterocycles. The number of rotatable bonds is 8. The van der Waals surface area contributed by atoms with E-state index in [-0.39, 0.29) is 5.91 Å². The molecule has 2 aromatic carbocycles. The number of aromatic nitrogens is 2. The molecule has 1 aromatic heterocycles. The van der Waals surface area contributed by atoms with Crippen molar-refractivity contribution in [2.45, 2.75) is 24.5 Å². The van der Waals surface area contributed by atoms with Crippen LogP contribution in [0.5, 0.6) is 5.75 Å². The molecular formula is C21H23N3O3S. The van der Waals surface area contributed by atoms with Crippen molar-refractivity contribution in [3.63, 3.8) is 0 Å². The van der Waals surface area contributed by atoms with E-state index in [1.54, 1.807) is 18.9 Å². The van der Waals surface area contributed by atoms with E-state index < -0.39 is 0 Å². The number of thioether (sulfide) groups is 1. The topological polar surface area (TPSA) is 68.5 Å². The number of nitrogens with zero attached hydrogens (tertiary/aromatic N) is 3. The number of amides is 1. The van der Waals surface area contributed by atoms with Gasteiger partial charge in [0.1, 0.15) is 12.4 Å². The normalized spacial score (nSPS) is 10.7. The van der Waals surface area contributed by atoms with Crippen molar-refractivity contribution >= 4 is 17.7 Å². The minimum absolute atomic E-state index is 0.0418. The van der Waals surface area contributed by atoms with Crippen LogP contribution < -0.4 is 4.74 Å². The third-order valence-corrected chi connectivity index (χ3v) is 5.18. The average Bonchev–Trinajstić information content (AvgIpc) is 3.12. The van der Waals surface area contributed by atoms with E-state index in [4.69, 9.17) is 9.26 Å². The van der Waals surface area contributed by atoms with Crippen LogP contribution in [0, 0.1) is 13.8 Å². The van der Waals surface area contributed by atoms with Crippen molar-refractivity contribution in [2.24, 2.45) is 0 Å². The minimum Gasteiger partial charge on any atom is -0.492 e. The highest BCUT2D eigenvalue weighted by atomic mass is 32.2. The zero-order valence-electron chi connectivity index (χ0n) is 16.2. The summed E-state index contributed by atoms with van der Waals surface area (Å²) in [6, 6.07) is 15.4. The smallest absolute Gasteiger partial charge is 0.254 e. The summed E-state index contributed by atoms with van der Waals surface area (Å²) < 4.78 is 10.7. The second kappa shape index (κ2) is 9.41. The van der Waals surface area contributed by atoms with Crippen LogP contribution in [0.2, 0.25) is 0 Å². The summed E-state index contributed by atoms with van der Waals surface area (Å²) in [6.45, 7) is 4.72. The number of hydrogen-bond acceptors (Lipinski definition) is 6. The first kappa shape index (κ1) is 19.9. The van der Waals surface area contributed by atoms with Gasteiger partial charge in [0, 0.05) is 18.9 Å². The Hall–Kier alpha value is -2.80. The third-order valence-electron chi connectivity index (χ3n) is 4.11. The number of carbonyl (C=O) groups is 1. The van der Waals surface area contributed by atoms with Gasteiger partial charge in [-0.25, -0.2) is 0 Å². The van der Waals surface area contributed by atoms with Crippen molar-refractivity contribution in [1.82, 2.24) is 15.0 Å². The summed E-state index contributed by atoms with van der Waals surface area (Å²) in [5.41, 5.74) is 1.84. The van der Waals surface area contributed by atoms with Gasteiger partial charge in [0.05, 0.1) is 17.9 Å². The van der Waals surface area contributed by atoms with Gasteiger partial charge in [0.25, 0.3) is 5.91 Å². The van der Waals surface area contributed by atoms with E-state index in [2.05, 4.69) is 10.1 Å². The Bertz CT molecular complexity index is 925. The minimum atomic E-state index is -0.0418. The monoisotopic (exact) mass is 397 g/mol. The largest absolute Gasteiger partial charge is 0.492 e. The summed E-state index contributed by atoms with van der Waals surface area (Å²) in [5.74, 6) is 2.46. The molecular weight excluding hydrogens is 374 g/mol. The van der Waals surface area contributed by atoms with Crippen LogP contribution in [0.4, 0.5) is 0 Å². The molecule has 3 rings (SSSR count). The molecule has 0 radical (unpaired) electrons. The fourth-order valence-corrected chi connectivity index (χ4v) is 3.44. The summed E-state index contributed by atoms with van der Waals surface area (Å²) in [6.07, 6.45) is 0. The van der Waals surface area contributed by atoms with E-state index in [1.807, 2.05) is 55.5 Å². The number of likely N-dealkylation sites (N-methyl/N-ethyl adjacent to an activating group) is 1. The molecule has 6 nitrogen and oxygen atoms in total. The number of ether oxygens (including phenoxy) is 1. The highest BCUT2D eigenvalue weighted by Gasteiger charge is 2.16. The first-order valence-corrected chi connectivity index (χ1v) is 9.97. The molecule has 0 aliphatic heterocycles.